The third kappa shape index (κ3) is 2.00. The largest absolute Gasteiger partial charge is 0.493 e. The Morgan fingerprint density at radius 3 is 2.71 bits per heavy atom. The fraction of sp³-hybridized carbons (Fsp3) is 0.571. The van der Waals surface area contributed by atoms with Gasteiger partial charge in [0.2, 0.25) is 0 Å². The fourth-order valence-electron chi connectivity index (χ4n) is 3.09. The minimum absolute atomic E-state index is 0.170. The van der Waals surface area contributed by atoms with Gasteiger partial charge in [-0.2, -0.15) is 0 Å². The van der Waals surface area contributed by atoms with Crippen LogP contribution in [0.25, 0.3) is 0 Å². The van der Waals surface area contributed by atoms with Crippen LogP contribution in [0, 0.1) is 0 Å². The van der Waals surface area contributed by atoms with Crippen molar-refractivity contribution >= 4 is 15.9 Å². The number of hydrogen-bond donors (Lipinski definition) is 1. The zero-order chi connectivity index (χ0) is 11.9. The highest BCUT2D eigenvalue weighted by molar-refractivity contribution is 9.10. The standard InChI is InChI=1S/C14H18BrNO/c15-11-8-10-4-7-17-13(10)12(9-11)14(16)5-2-1-3-6-14/h8-9H,1-7,16H2. The van der Waals surface area contributed by atoms with E-state index < -0.39 is 0 Å². The van der Waals surface area contributed by atoms with Gasteiger partial charge >= 0.3 is 0 Å². The third-order valence-electron chi connectivity index (χ3n) is 4.03. The molecule has 0 radical (unpaired) electrons. The molecule has 92 valence electrons. The van der Waals surface area contributed by atoms with Crippen LogP contribution < -0.4 is 10.5 Å². The Balaban J connectivity index is 2.07. The molecular weight excluding hydrogens is 278 g/mol. The molecule has 1 aromatic rings. The first-order valence-corrected chi connectivity index (χ1v) is 7.23. The van der Waals surface area contributed by atoms with E-state index in [-0.39, 0.29) is 5.54 Å². The lowest BCUT2D eigenvalue weighted by molar-refractivity contribution is 0.283. The maximum Gasteiger partial charge on any atom is 0.127 e. The lowest BCUT2D eigenvalue weighted by atomic mass is 9.76. The average molecular weight is 296 g/mol. The molecule has 1 saturated carbocycles. The molecule has 0 saturated heterocycles. The van der Waals surface area contributed by atoms with Gasteiger partial charge in [0, 0.05) is 22.0 Å². The maximum atomic E-state index is 6.62. The maximum absolute atomic E-state index is 6.62. The summed E-state index contributed by atoms with van der Waals surface area (Å²) in [6.45, 7) is 0.800. The van der Waals surface area contributed by atoms with Crippen molar-refractivity contribution in [3.63, 3.8) is 0 Å². The summed E-state index contributed by atoms with van der Waals surface area (Å²) < 4.78 is 6.93. The zero-order valence-electron chi connectivity index (χ0n) is 9.97. The van der Waals surface area contributed by atoms with Crippen LogP contribution >= 0.6 is 15.9 Å². The summed E-state index contributed by atoms with van der Waals surface area (Å²) in [5.74, 6) is 1.07. The van der Waals surface area contributed by atoms with Gasteiger partial charge in [-0.05, 0) is 30.5 Å². The molecular formula is C14H18BrNO. The zero-order valence-corrected chi connectivity index (χ0v) is 11.6. The van der Waals surface area contributed by atoms with Gasteiger partial charge in [0.1, 0.15) is 5.75 Å². The molecule has 0 amide bonds. The minimum Gasteiger partial charge on any atom is -0.493 e. The SMILES string of the molecule is NC1(c2cc(Br)cc3c2OCC3)CCCCC1. The first-order valence-electron chi connectivity index (χ1n) is 6.44. The molecule has 3 heteroatoms. The molecule has 0 atom stereocenters. The number of ether oxygens (including phenoxy) is 1. The van der Waals surface area contributed by atoms with Crippen molar-refractivity contribution in [2.75, 3.05) is 6.61 Å². The Bertz CT molecular complexity index is 438. The second-order valence-electron chi connectivity index (χ2n) is 5.26. The van der Waals surface area contributed by atoms with Crippen molar-refractivity contribution in [1.29, 1.82) is 0 Å². The minimum atomic E-state index is -0.170. The molecule has 0 bridgehead atoms. The molecule has 1 aromatic carbocycles. The van der Waals surface area contributed by atoms with Crippen LogP contribution in [-0.4, -0.2) is 6.61 Å². The molecule has 2 nitrogen and oxygen atoms in total. The fourth-order valence-corrected chi connectivity index (χ4v) is 3.60. The first-order chi connectivity index (χ1) is 8.19. The summed E-state index contributed by atoms with van der Waals surface area (Å²) in [4.78, 5) is 0. The summed E-state index contributed by atoms with van der Waals surface area (Å²) in [7, 11) is 0. The Hall–Kier alpha value is -0.540. The number of halogens is 1. The number of fused-ring (bicyclic) bond motifs is 1. The lowest BCUT2D eigenvalue weighted by Crippen LogP contribution is -2.38. The molecule has 1 fully saturated rings. The van der Waals surface area contributed by atoms with Crippen molar-refractivity contribution in [3.05, 3.63) is 27.7 Å². The van der Waals surface area contributed by atoms with Crippen molar-refractivity contribution < 1.29 is 4.74 Å². The number of rotatable bonds is 1. The highest BCUT2D eigenvalue weighted by Gasteiger charge is 2.34. The van der Waals surface area contributed by atoms with Crippen LogP contribution in [0.3, 0.4) is 0 Å². The van der Waals surface area contributed by atoms with E-state index in [0.717, 1.165) is 36.1 Å². The Morgan fingerprint density at radius 1 is 1.18 bits per heavy atom. The van der Waals surface area contributed by atoms with Crippen molar-refractivity contribution in [2.45, 2.75) is 44.1 Å². The molecule has 1 aliphatic heterocycles. The Kier molecular flexibility index (Phi) is 2.91. The van der Waals surface area contributed by atoms with Gasteiger partial charge in [-0.3, -0.25) is 0 Å². The van der Waals surface area contributed by atoms with Gasteiger partial charge in [0.25, 0.3) is 0 Å². The van der Waals surface area contributed by atoms with E-state index in [1.807, 2.05) is 0 Å². The molecule has 1 heterocycles. The predicted octanol–water partition coefficient (Wildman–Crippen LogP) is 3.50. The molecule has 3 rings (SSSR count). The van der Waals surface area contributed by atoms with Crippen LogP contribution in [-0.2, 0) is 12.0 Å². The topological polar surface area (TPSA) is 35.2 Å². The summed E-state index contributed by atoms with van der Waals surface area (Å²) in [5.41, 5.74) is 8.98. The number of nitrogens with two attached hydrogens (primary N) is 1. The molecule has 17 heavy (non-hydrogen) atoms. The number of hydrogen-bond acceptors (Lipinski definition) is 2. The highest BCUT2D eigenvalue weighted by Crippen LogP contribution is 2.43. The van der Waals surface area contributed by atoms with Crippen LogP contribution in [0.15, 0.2) is 16.6 Å². The first kappa shape index (κ1) is 11.5. The highest BCUT2D eigenvalue weighted by atomic mass is 79.9. The van der Waals surface area contributed by atoms with E-state index in [1.165, 1.54) is 30.4 Å². The second-order valence-corrected chi connectivity index (χ2v) is 6.17. The van der Waals surface area contributed by atoms with Crippen LogP contribution in [0.1, 0.15) is 43.2 Å². The van der Waals surface area contributed by atoms with E-state index in [4.69, 9.17) is 10.5 Å². The van der Waals surface area contributed by atoms with Gasteiger partial charge in [-0.15, -0.1) is 0 Å². The Labute approximate surface area is 111 Å². The second kappa shape index (κ2) is 4.29. The predicted molar refractivity (Wildman–Crippen MR) is 72.3 cm³/mol. The van der Waals surface area contributed by atoms with Crippen LogP contribution in [0.5, 0.6) is 5.75 Å². The van der Waals surface area contributed by atoms with E-state index in [1.54, 1.807) is 0 Å². The normalized spacial score (nSPS) is 22.0. The summed E-state index contributed by atoms with van der Waals surface area (Å²) in [6.07, 6.45) is 6.96. The van der Waals surface area contributed by atoms with E-state index in [2.05, 4.69) is 28.1 Å². The van der Waals surface area contributed by atoms with E-state index in [9.17, 15) is 0 Å². The number of benzene rings is 1. The van der Waals surface area contributed by atoms with E-state index in [0.29, 0.717) is 0 Å². The molecule has 0 aromatic heterocycles. The summed E-state index contributed by atoms with van der Waals surface area (Å²) in [6, 6.07) is 4.33. The van der Waals surface area contributed by atoms with Gasteiger partial charge in [-0.1, -0.05) is 35.2 Å². The van der Waals surface area contributed by atoms with Crippen molar-refractivity contribution in [2.24, 2.45) is 5.73 Å². The van der Waals surface area contributed by atoms with Crippen LogP contribution in [0.2, 0.25) is 0 Å². The van der Waals surface area contributed by atoms with Gasteiger partial charge in [-0.25, -0.2) is 0 Å². The van der Waals surface area contributed by atoms with Crippen LogP contribution in [0.4, 0.5) is 0 Å². The average Bonchev–Trinajstić information content (AvgIpc) is 2.76. The molecule has 2 N–H and O–H groups in total. The van der Waals surface area contributed by atoms with Crippen molar-refractivity contribution in [1.82, 2.24) is 0 Å². The molecule has 2 aliphatic rings. The summed E-state index contributed by atoms with van der Waals surface area (Å²) in [5, 5.41) is 0. The van der Waals surface area contributed by atoms with Gasteiger partial charge in [0.05, 0.1) is 6.61 Å². The molecule has 1 aliphatic carbocycles. The molecule has 0 unspecified atom stereocenters. The van der Waals surface area contributed by atoms with E-state index >= 15 is 0 Å². The van der Waals surface area contributed by atoms with Gasteiger partial charge < -0.3 is 10.5 Å². The van der Waals surface area contributed by atoms with Gasteiger partial charge in [0.15, 0.2) is 0 Å². The summed E-state index contributed by atoms with van der Waals surface area (Å²) >= 11 is 3.60. The third-order valence-corrected chi connectivity index (χ3v) is 4.49. The monoisotopic (exact) mass is 295 g/mol. The quantitative estimate of drug-likeness (QED) is 0.861. The smallest absolute Gasteiger partial charge is 0.127 e. The van der Waals surface area contributed by atoms with Crippen molar-refractivity contribution in [3.8, 4) is 5.75 Å². The lowest BCUT2D eigenvalue weighted by Gasteiger charge is -2.35. The molecule has 0 spiro atoms. The Morgan fingerprint density at radius 2 is 1.94 bits per heavy atom.